The largest absolute Gasteiger partial charge is 0.469 e. The molecular weight excluding hydrogens is 246 g/mol. The molecule has 1 unspecified atom stereocenters. The molecule has 2 aliphatic rings. The van der Waals surface area contributed by atoms with Gasteiger partial charge in [-0.05, 0) is 12.8 Å². The van der Waals surface area contributed by atoms with E-state index in [-0.39, 0.29) is 29.8 Å². The van der Waals surface area contributed by atoms with Crippen molar-refractivity contribution >= 4 is 11.9 Å². The van der Waals surface area contributed by atoms with Crippen molar-refractivity contribution in [1.29, 1.82) is 0 Å². The van der Waals surface area contributed by atoms with Crippen molar-refractivity contribution in [3.63, 3.8) is 0 Å². The molecule has 0 N–H and O–H groups in total. The van der Waals surface area contributed by atoms with Crippen molar-refractivity contribution in [1.82, 2.24) is 4.90 Å². The molecule has 19 heavy (non-hydrogen) atoms. The summed E-state index contributed by atoms with van der Waals surface area (Å²) < 4.78 is 10.2. The lowest BCUT2D eigenvalue weighted by Crippen LogP contribution is -2.50. The van der Waals surface area contributed by atoms with E-state index in [1.807, 2.05) is 4.90 Å². The standard InChI is InChI=1S/C14H23NO4/c1-14(5-3-4-6-14)13(17)15-7-8-19-11(10-15)9-12(16)18-2/h11H,3-10H2,1-2H3. The van der Waals surface area contributed by atoms with Gasteiger partial charge in [-0.3, -0.25) is 9.59 Å². The zero-order chi connectivity index (χ0) is 13.9. The molecule has 1 aliphatic carbocycles. The van der Waals surface area contributed by atoms with E-state index in [1.54, 1.807) is 0 Å². The minimum absolute atomic E-state index is 0.201. The average molecular weight is 269 g/mol. The first-order valence-corrected chi connectivity index (χ1v) is 7.03. The monoisotopic (exact) mass is 269 g/mol. The van der Waals surface area contributed by atoms with Crippen molar-refractivity contribution in [3.05, 3.63) is 0 Å². The lowest BCUT2D eigenvalue weighted by Gasteiger charge is -2.37. The number of carbonyl (C=O) groups is 2. The number of carbonyl (C=O) groups excluding carboxylic acids is 2. The van der Waals surface area contributed by atoms with Gasteiger partial charge in [0.1, 0.15) is 0 Å². The van der Waals surface area contributed by atoms with E-state index in [4.69, 9.17) is 4.74 Å². The normalized spacial score (nSPS) is 26.2. The van der Waals surface area contributed by atoms with E-state index in [0.717, 1.165) is 25.7 Å². The van der Waals surface area contributed by atoms with Crippen LogP contribution in [0.15, 0.2) is 0 Å². The van der Waals surface area contributed by atoms with E-state index in [9.17, 15) is 9.59 Å². The molecule has 1 heterocycles. The predicted molar refractivity (Wildman–Crippen MR) is 69.5 cm³/mol. The highest BCUT2D eigenvalue weighted by Crippen LogP contribution is 2.39. The van der Waals surface area contributed by atoms with Crippen LogP contribution in [0.2, 0.25) is 0 Å². The van der Waals surface area contributed by atoms with Crippen LogP contribution >= 0.6 is 0 Å². The van der Waals surface area contributed by atoms with Gasteiger partial charge in [-0.2, -0.15) is 0 Å². The van der Waals surface area contributed by atoms with Gasteiger partial charge in [0, 0.05) is 18.5 Å². The molecule has 1 amide bonds. The van der Waals surface area contributed by atoms with Crippen LogP contribution in [0.1, 0.15) is 39.0 Å². The van der Waals surface area contributed by atoms with Crippen LogP contribution in [0.4, 0.5) is 0 Å². The smallest absolute Gasteiger partial charge is 0.308 e. The van der Waals surface area contributed by atoms with Gasteiger partial charge in [0.05, 0.1) is 26.2 Å². The van der Waals surface area contributed by atoms with Crippen LogP contribution in [0.5, 0.6) is 0 Å². The Hall–Kier alpha value is -1.10. The van der Waals surface area contributed by atoms with Gasteiger partial charge in [-0.15, -0.1) is 0 Å². The summed E-state index contributed by atoms with van der Waals surface area (Å²) in [5.41, 5.74) is -0.201. The predicted octanol–water partition coefficient (Wildman–Crippen LogP) is 1.36. The highest BCUT2D eigenvalue weighted by atomic mass is 16.5. The van der Waals surface area contributed by atoms with E-state index < -0.39 is 0 Å². The number of amides is 1. The number of ether oxygens (including phenoxy) is 2. The zero-order valence-corrected chi connectivity index (χ0v) is 11.8. The SMILES string of the molecule is COC(=O)CC1CN(C(=O)C2(C)CCCC2)CCO1. The Kier molecular flexibility index (Phi) is 4.45. The van der Waals surface area contributed by atoms with Crippen LogP contribution in [0.3, 0.4) is 0 Å². The molecule has 0 radical (unpaired) electrons. The number of morpholine rings is 1. The molecule has 0 spiro atoms. The molecule has 0 bridgehead atoms. The quantitative estimate of drug-likeness (QED) is 0.726. The maximum atomic E-state index is 12.6. The number of hydrogen-bond donors (Lipinski definition) is 0. The maximum Gasteiger partial charge on any atom is 0.308 e. The van der Waals surface area contributed by atoms with Gasteiger partial charge in [-0.25, -0.2) is 0 Å². The highest BCUT2D eigenvalue weighted by Gasteiger charge is 2.40. The summed E-state index contributed by atoms with van der Waals surface area (Å²) in [7, 11) is 1.37. The fraction of sp³-hybridized carbons (Fsp3) is 0.857. The topological polar surface area (TPSA) is 55.8 Å². The molecule has 0 aromatic rings. The second kappa shape index (κ2) is 5.90. The molecule has 0 aromatic heterocycles. The zero-order valence-electron chi connectivity index (χ0n) is 11.8. The Labute approximate surface area is 114 Å². The fourth-order valence-corrected chi connectivity index (χ4v) is 3.05. The van der Waals surface area contributed by atoms with Crippen molar-refractivity contribution in [2.24, 2.45) is 5.41 Å². The minimum Gasteiger partial charge on any atom is -0.469 e. The van der Waals surface area contributed by atoms with E-state index in [2.05, 4.69) is 11.7 Å². The Bertz CT molecular complexity index is 349. The average Bonchev–Trinajstić information content (AvgIpc) is 2.86. The number of methoxy groups -OCH3 is 1. The Balaban J connectivity index is 1.93. The first-order valence-electron chi connectivity index (χ1n) is 7.03. The molecule has 2 rings (SSSR count). The number of hydrogen-bond acceptors (Lipinski definition) is 4. The number of esters is 1. The summed E-state index contributed by atoms with van der Waals surface area (Å²) in [4.78, 5) is 25.7. The summed E-state index contributed by atoms with van der Waals surface area (Å²) in [5.74, 6) is -0.0606. The molecule has 1 saturated heterocycles. The third-order valence-corrected chi connectivity index (χ3v) is 4.27. The molecule has 5 heteroatoms. The first kappa shape index (κ1) is 14.3. The summed E-state index contributed by atoms with van der Waals surface area (Å²) in [6, 6.07) is 0. The van der Waals surface area contributed by atoms with Crippen LogP contribution in [0, 0.1) is 5.41 Å². The first-order chi connectivity index (χ1) is 9.05. The van der Waals surface area contributed by atoms with Gasteiger partial charge in [0.15, 0.2) is 0 Å². The summed E-state index contributed by atoms with van der Waals surface area (Å²) in [6.07, 6.45) is 4.22. The van der Waals surface area contributed by atoms with Crippen LogP contribution in [0.25, 0.3) is 0 Å². The lowest BCUT2D eigenvalue weighted by atomic mass is 9.87. The molecule has 108 valence electrons. The molecule has 1 saturated carbocycles. The van der Waals surface area contributed by atoms with Crippen molar-refractivity contribution in [3.8, 4) is 0 Å². The van der Waals surface area contributed by atoms with Gasteiger partial charge in [0.25, 0.3) is 0 Å². The van der Waals surface area contributed by atoms with E-state index >= 15 is 0 Å². The maximum absolute atomic E-state index is 12.6. The molecule has 1 atom stereocenters. The van der Waals surface area contributed by atoms with E-state index in [0.29, 0.717) is 19.7 Å². The number of nitrogens with zero attached hydrogens (tertiary/aromatic N) is 1. The molecule has 2 fully saturated rings. The Morgan fingerprint density at radius 2 is 2.05 bits per heavy atom. The van der Waals surface area contributed by atoms with Crippen LogP contribution in [-0.2, 0) is 19.1 Å². The Morgan fingerprint density at radius 1 is 1.37 bits per heavy atom. The second-order valence-electron chi connectivity index (χ2n) is 5.79. The lowest BCUT2D eigenvalue weighted by molar-refractivity contribution is -0.154. The molecule has 0 aromatic carbocycles. The van der Waals surface area contributed by atoms with Crippen LogP contribution in [-0.4, -0.2) is 49.7 Å². The Morgan fingerprint density at radius 3 is 2.68 bits per heavy atom. The van der Waals surface area contributed by atoms with Crippen molar-refractivity contribution in [2.75, 3.05) is 26.8 Å². The highest BCUT2D eigenvalue weighted by molar-refractivity contribution is 5.82. The summed E-state index contributed by atoms with van der Waals surface area (Å²) >= 11 is 0. The van der Waals surface area contributed by atoms with Gasteiger partial charge in [0.2, 0.25) is 5.91 Å². The van der Waals surface area contributed by atoms with Crippen molar-refractivity contribution < 1.29 is 19.1 Å². The van der Waals surface area contributed by atoms with E-state index in [1.165, 1.54) is 7.11 Å². The molecular formula is C14H23NO4. The van der Waals surface area contributed by atoms with Crippen LogP contribution < -0.4 is 0 Å². The third-order valence-electron chi connectivity index (χ3n) is 4.27. The molecule has 5 nitrogen and oxygen atoms in total. The summed E-state index contributed by atoms with van der Waals surface area (Å²) in [5, 5.41) is 0. The van der Waals surface area contributed by atoms with Gasteiger partial charge < -0.3 is 14.4 Å². The second-order valence-corrected chi connectivity index (χ2v) is 5.79. The number of rotatable bonds is 3. The third kappa shape index (κ3) is 3.26. The van der Waals surface area contributed by atoms with Gasteiger partial charge >= 0.3 is 5.97 Å². The fourth-order valence-electron chi connectivity index (χ4n) is 3.05. The minimum atomic E-state index is -0.286. The molecule has 1 aliphatic heterocycles. The summed E-state index contributed by atoms with van der Waals surface area (Å²) in [6.45, 7) is 3.70. The van der Waals surface area contributed by atoms with Crippen molar-refractivity contribution in [2.45, 2.75) is 45.1 Å². The van der Waals surface area contributed by atoms with Gasteiger partial charge in [-0.1, -0.05) is 19.8 Å².